The summed E-state index contributed by atoms with van der Waals surface area (Å²) in [6.07, 6.45) is 0. The molecule has 394 valence electrons. The van der Waals surface area contributed by atoms with E-state index in [0.717, 1.165) is 78.0 Å². The van der Waals surface area contributed by atoms with Gasteiger partial charge in [0, 0.05) is 44.3 Å². The molecule has 1 spiro atoms. The third-order valence-electron chi connectivity index (χ3n) is 18.4. The van der Waals surface area contributed by atoms with E-state index < -0.39 is 5.41 Å². The number of hydrogen-bond donors (Lipinski definition) is 0. The van der Waals surface area contributed by atoms with Crippen molar-refractivity contribution in [3.63, 3.8) is 0 Å². The molecule has 0 bridgehead atoms. The quantitative estimate of drug-likeness (QED) is 0.152. The Bertz CT molecular complexity index is 4920. The summed E-state index contributed by atoms with van der Waals surface area (Å²) in [7, 11) is 0. The first-order chi connectivity index (χ1) is 40.8. The molecule has 0 radical (unpaired) electrons. The van der Waals surface area contributed by atoms with Gasteiger partial charge in [0.05, 0.1) is 16.8 Å². The van der Waals surface area contributed by atoms with Crippen LogP contribution in [0.15, 0.2) is 264 Å². The van der Waals surface area contributed by atoms with Crippen molar-refractivity contribution in [2.45, 2.75) is 44.9 Å². The minimum atomic E-state index is -0.666. The number of hydrogen-bond acceptors (Lipinski definition) is 4. The minimum Gasteiger partial charge on any atom is -0.454 e. The van der Waals surface area contributed by atoms with E-state index in [9.17, 15) is 0 Å². The largest absolute Gasteiger partial charge is 0.454 e. The summed E-state index contributed by atoms with van der Waals surface area (Å²) in [4.78, 5) is 4.78. The third-order valence-corrected chi connectivity index (χ3v) is 18.4. The van der Waals surface area contributed by atoms with Crippen molar-refractivity contribution in [3.8, 4) is 22.3 Å². The second kappa shape index (κ2) is 17.9. The highest BCUT2D eigenvalue weighted by atomic mass is 16.3. The highest BCUT2D eigenvalue weighted by Gasteiger charge is 2.53. The summed E-state index contributed by atoms with van der Waals surface area (Å²) in [6.45, 7) is 9.02. The van der Waals surface area contributed by atoms with Crippen molar-refractivity contribution < 1.29 is 8.83 Å². The lowest BCUT2D eigenvalue weighted by Crippen LogP contribution is -2.26. The molecule has 0 fully saturated rings. The Morgan fingerprint density at radius 1 is 0.313 bits per heavy atom. The smallest absolute Gasteiger partial charge is 0.159 e. The molecule has 2 aromatic heterocycles. The van der Waals surface area contributed by atoms with Crippen LogP contribution in [0.4, 0.5) is 34.1 Å². The number of benzene rings is 13. The molecule has 0 aliphatic heterocycles. The van der Waals surface area contributed by atoms with Gasteiger partial charge in [-0.25, -0.2) is 0 Å². The Balaban J connectivity index is 0.909. The Labute approximate surface area is 481 Å². The van der Waals surface area contributed by atoms with Crippen LogP contribution in [-0.2, 0) is 5.41 Å². The first kappa shape index (κ1) is 47.6. The monoisotopic (exact) mass is 1060 g/mol. The molecular weight excluding hydrogens is 1010 g/mol. The highest BCUT2D eigenvalue weighted by Crippen LogP contribution is 2.66. The van der Waals surface area contributed by atoms with Crippen molar-refractivity contribution in [1.29, 1.82) is 0 Å². The number of para-hydroxylation sites is 4. The highest BCUT2D eigenvalue weighted by molar-refractivity contribution is 6.15. The van der Waals surface area contributed by atoms with Crippen LogP contribution in [0.2, 0.25) is 0 Å². The molecule has 2 aliphatic rings. The molecule has 0 saturated carbocycles. The molecule has 0 amide bonds. The topological polar surface area (TPSA) is 32.8 Å². The average molecular weight is 1070 g/mol. The minimum absolute atomic E-state index is 0.407. The molecular formula is C79H56N2O2. The van der Waals surface area contributed by atoms with E-state index in [4.69, 9.17) is 8.83 Å². The Hall–Kier alpha value is -10.2. The van der Waals surface area contributed by atoms with Gasteiger partial charge in [-0.05, 0) is 173 Å². The molecule has 4 heteroatoms. The van der Waals surface area contributed by atoms with Crippen LogP contribution in [0, 0.1) is 0 Å². The zero-order valence-electron chi connectivity index (χ0n) is 46.6. The maximum absolute atomic E-state index is 6.81. The predicted octanol–water partition coefficient (Wildman–Crippen LogP) is 22.5. The zero-order chi connectivity index (χ0) is 55.2. The molecule has 15 aromatic rings. The van der Waals surface area contributed by atoms with Gasteiger partial charge in [0.15, 0.2) is 11.2 Å². The van der Waals surface area contributed by atoms with Gasteiger partial charge < -0.3 is 18.6 Å². The fourth-order valence-electron chi connectivity index (χ4n) is 14.6. The van der Waals surface area contributed by atoms with E-state index in [-0.39, 0.29) is 0 Å². The van der Waals surface area contributed by atoms with E-state index in [1.54, 1.807) is 0 Å². The Kier molecular flexibility index (Phi) is 10.3. The number of rotatable bonds is 8. The summed E-state index contributed by atoms with van der Waals surface area (Å²) >= 11 is 0. The van der Waals surface area contributed by atoms with E-state index in [2.05, 4.69) is 292 Å². The number of fused-ring (bicyclic) bond motifs is 22. The second-order valence-electron chi connectivity index (χ2n) is 23.5. The van der Waals surface area contributed by atoms with Crippen molar-refractivity contribution in [2.75, 3.05) is 9.80 Å². The van der Waals surface area contributed by atoms with Crippen LogP contribution < -0.4 is 9.80 Å². The molecule has 0 unspecified atom stereocenters. The summed E-state index contributed by atoms with van der Waals surface area (Å²) < 4.78 is 13.6. The summed E-state index contributed by atoms with van der Waals surface area (Å²) in [6, 6.07) is 94.9. The van der Waals surface area contributed by atoms with Crippen molar-refractivity contribution in [3.05, 3.63) is 288 Å². The van der Waals surface area contributed by atoms with Crippen molar-refractivity contribution in [2.24, 2.45) is 0 Å². The van der Waals surface area contributed by atoms with E-state index in [1.807, 2.05) is 0 Å². The molecule has 0 saturated heterocycles. The third kappa shape index (κ3) is 6.81. The van der Waals surface area contributed by atoms with Gasteiger partial charge >= 0.3 is 0 Å². The first-order valence-electron chi connectivity index (χ1n) is 29.2. The van der Waals surface area contributed by atoms with Gasteiger partial charge in [-0.1, -0.05) is 210 Å². The van der Waals surface area contributed by atoms with Crippen LogP contribution >= 0.6 is 0 Å². The van der Waals surface area contributed by atoms with Gasteiger partial charge in [0.1, 0.15) is 11.2 Å². The molecule has 17 rings (SSSR count). The molecule has 2 heterocycles. The lowest BCUT2D eigenvalue weighted by molar-refractivity contribution is 0.668. The number of nitrogens with zero attached hydrogens (tertiary/aromatic N) is 2. The fraction of sp³-hybridized carbons (Fsp3) is 0.0886. The molecule has 0 atom stereocenters. The maximum Gasteiger partial charge on any atom is 0.159 e. The predicted molar refractivity (Wildman–Crippen MR) is 347 cm³/mol. The van der Waals surface area contributed by atoms with Gasteiger partial charge in [0.25, 0.3) is 0 Å². The zero-order valence-corrected chi connectivity index (χ0v) is 46.6. The van der Waals surface area contributed by atoms with Crippen LogP contribution in [0.25, 0.3) is 98.4 Å². The van der Waals surface area contributed by atoms with E-state index >= 15 is 0 Å². The maximum atomic E-state index is 6.81. The molecule has 4 nitrogen and oxygen atoms in total. The number of anilines is 6. The van der Waals surface area contributed by atoms with Crippen LogP contribution in [0.1, 0.15) is 72.9 Å². The van der Waals surface area contributed by atoms with E-state index in [1.165, 1.54) is 88.0 Å². The lowest BCUT2D eigenvalue weighted by Gasteiger charge is -2.33. The Morgan fingerprint density at radius 2 is 0.759 bits per heavy atom. The lowest BCUT2D eigenvalue weighted by atomic mass is 9.68. The van der Waals surface area contributed by atoms with Gasteiger partial charge in [0.2, 0.25) is 0 Å². The SMILES string of the molecule is CC(C)c1ccc(N(c2ccc3c4c(ccc3c2)-c2ccc3cc(N(c5ccc(C(C)C)cc5)c5cccc6c5oc5ccccc56)ccc3c2C42c3ccccc3-c3c2ccc2ccccc32)c2cccc3c2oc2ccccc23)cc1. The molecule has 0 N–H and O–H groups in total. The second-order valence-corrected chi connectivity index (χ2v) is 23.5. The van der Waals surface area contributed by atoms with Gasteiger partial charge in [-0.2, -0.15) is 0 Å². The average Bonchev–Trinajstić information content (AvgIpc) is 1.66. The number of furan rings is 2. The Morgan fingerprint density at radius 3 is 1.29 bits per heavy atom. The normalized spacial score (nSPS) is 13.1. The van der Waals surface area contributed by atoms with E-state index in [0.29, 0.717) is 11.8 Å². The summed E-state index contributed by atoms with van der Waals surface area (Å²) in [5, 5.41) is 11.7. The summed E-state index contributed by atoms with van der Waals surface area (Å²) in [5.41, 5.74) is 22.1. The van der Waals surface area contributed by atoms with Gasteiger partial charge in [-0.15, -0.1) is 0 Å². The molecule has 83 heavy (non-hydrogen) atoms. The van der Waals surface area contributed by atoms with Crippen LogP contribution in [0.3, 0.4) is 0 Å². The molecule has 13 aromatic carbocycles. The molecule has 2 aliphatic carbocycles. The summed E-state index contributed by atoms with van der Waals surface area (Å²) in [5.74, 6) is 0.814. The van der Waals surface area contributed by atoms with Crippen molar-refractivity contribution >= 4 is 110 Å². The first-order valence-corrected chi connectivity index (χ1v) is 29.2. The van der Waals surface area contributed by atoms with Gasteiger partial charge in [-0.3, -0.25) is 0 Å². The van der Waals surface area contributed by atoms with Crippen LogP contribution in [-0.4, -0.2) is 0 Å². The van der Waals surface area contributed by atoms with Crippen molar-refractivity contribution in [1.82, 2.24) is 0 Å². The van der Waals surface area contributed by atoms with Crippen LogP contribution in [0.5, 0.6) is 0 Å². The fourth-order valence-corrected chi connectivity index (χ4v) is 14.6. The standard InChI is InChI=1S/C79H56N2O2/c1-47(2)49-27-34-54(35-28-49)80(70-23-13-20-65-61-17-8-11-25-72(61)82-77(65)70)56-38-42-59-52(45-56)31-40-63-64-41-32-53-46-57(81(55-36-29-50(30-37-55)48(3)4)71-24-14-21-66-62-18-9-12-26-73(62)83-78(66)71)39-43-60(53)76(64)79(75(59)63)68-22-10-7-19-67(68)74-58-16-6-5-15-51(58)33-44-69(74)79/h5-48H,1-4H3.